The first kappa shape index (κ1) is 10.3. The molecular formula is C12H13FN4. The smallest absolute Gasteiger partial charge is 0.150 e. The van der Waals surface area contributed by atoms with Gasteiger partial charge in [-0.2, -0.15) is 0 Å². The molecule has 2 N–H and O–H groups in total. The second kappa shape index (κ2) is 3.84. The molecule has 0 amide bonds. The van der Waals surface area contributed by atoms with Crippen molar-refractivity contribution in [1.29, 1.82) is 0 Å². The van der Waals surface area contributed by atoms with Gasteiger partial charge in [-0.15, -0.1) is 5.10 Å². The number of anilines is 1. The van der Waals surface area contributed by atoms with Crippen molar-refractivity contribution < 1.29 is 4.39 Å². The van der Waals surface area contributed by atoms with Crippen molar-refractivity contribution in [3.8, 4) is 11.3 Å². The Kier molecular flexibility index (Phi) is 2.31. The standard InChI is InChI=1S/C12H13FN4/c13-9-6-4-8(5-7-9)11-12(14)17(16-15-11)10-2-1-3-10/h4-7,10H,1-3,14H2. The third-order valence-electron chi connectivity index (χ3n) is 3.27. The molecule has 1 saturated carbocycles. The van der Waals surface area contributed by atoms with E-state index in [0.29, 0.717) is 17.6 Å². The van der Waals surface area contributed by atoms with Crippen LogP contribution in [0.4, 0.5) is 10.2 Å². The second-order valence-electron chi connectivity index (χ2n) is 4.36. The van der Waals surface area contributed by atoms with Gasteiger partial charge in [0.2, 0.25) is 0 Å². The van der Waals surface area contributed by atoms with Crippen LogP contribution in [0.3, 0.4) is 0 Å². The summed E-state index contributed by atoms with van der Waals surface area (Å²) in [5.41, 5.74) is 7.46. The van der Waals surface area contributed by atoms with Gasteiger partial charge in [0.1, 0.15) is 11.5 Å². The van der Waals surface area contributed by atoms with Gasteiger partial charge < -0.3 is 5.73 Å². The van der Waals surface area contributed by atoms with Gasteiger partial charge in [-0.05, 0) is 43.5 Å². The molecule has 5 heteroatoms. The van der Waals surface area contributed by atoms with Crippen molar-refractivity contribution in [2.45, 2.75) is 25.3 Å². The van der Waals surface area contributed by atoms with Crippen molar-refractivity contribution >= 4 is 5.82 Å². The van der Waals surface area contributed by atoms with Gasteiger partial charge in [0.15, 0.2) is 5.82 Å². The number of nitrogen functional groups attached to an aromatic ring is 1. The Morgan fingerprint density at radius 1 is 1.24 bits per heavy atom. The topological polar surface area (TPSA) is 56.7 Å². The van der Waals surface area contributed by atoms with Crippen LogP contribution in [0.1, 0.15) is 25.3 Å². The molecule has 0 saturated heterocycles. The van der Waals surface area contributed by atoms with E-state index in [9.17, 15) is 4.39 Å². The van der Waals surface area contributed by atoms with Gasteiger partial charge in [-0.3, -0.25) is 0 Å². The molecule has 1 aliphatic carbocycles. The molecule has 1 aromatic heterocycles. The van der Waals surface area contributed by atoms with E-state index in [1.165, 1.54) is 18.6 Å². The molecule has 0 unspecified atom stereocenters. The molecule has 0 bridgehead atoms. The Bertz CT molecular complexity index is 528. The number of nitrogens with two attached hydrogens (primary N) is 1. The van der Waals surface area contributed by atoms with E-state index in [-0.39, 0.29) is 5.82 Å². The van der Waals surface area contributed by atoms with Crippen LogP contribution in [-0.4, -0.2) is 15.0 Å². The van der Waals surface area contributed by atoms with Crippen LogP contribution in [0.15, 0.2) is 24.3 Å². The minimum Gasteiger partial charge on any atom is -0.382 e. The summed E-state index contributed by atoms with van der Waals surface area (Å²) in [5, 5.41) is 8.17. The van der Waals surface area contributed by atoms with Crippen LogP contribution in [0.2, 0.25) is 0 Å². The molecule has 4 nitrogen and oxygen atoms in total. The molecule has 0 aliphatic heterocycles. The Morgan fingerprint density at radius 3 is 2.53 bits per heavy atom. The molecule has 1 heterocycles. The first-order valence-electron chi connectivity index (χ1n) is 5.72. The molecule has 17 heavy (non-hydrogen) atoms. The van der Waals surface area contributed by atoms with Crippen molar-refractivity contribution in [3.05, 3.63) is 30.1 Å². The molecule has 2 aromatic rings. The fourth-order valence-electron chi connectivity index (χ4n) is 2.02. The summed E-state index contributed by atoms with van der Waals surface area (Å²) >= 11 is 0. The van der Waals surface area contributed by atoms with E-state index in [0.717, 1.165) is 18.4 Å². The van der Waals surface area contributed by atoms with E-state index in [1.54, 1.807) is 16.8 Å². The van der Waals surface area contributed by atoms with E-state index < -0.39 is 0 Å². The highest BCUT2D eigenvalue weighted by Gasteiger charge is 2.24. The number of aromatic nitrogens is 3. The molecule has 1 fully saturated rings. The summed E-state index contributed by atoms with van der Waals surface area (Å²) in [5.74, 6) is 0.306. The first-order chi connectivity index (χ1) is 8.25. The van der Waals surface area contributed by atoms with E-state index in [2.05, 4.69) is 10.3 Å². The molecule has 0 spiro atoms. The molecule has 88 valence electrons. The quantitative estimate of drug-likeness (QED) is 0.864. The summed E-state index contributed by atoms with van der Waals surface area (Å²) in [6.07, 6.45) is 3.43. The van der Waals surface area contributed by atoms with Crippen LogP contribution in [0, 0.1) is 5.82 Å². The fourth-order valence-corrected chi connectivity index (χ4v) is 2.02. The van der Waals surface area contributed by atoms with E-state index in [1.807, 2.05) is 0 Å². The predicted octanol–water partition coefficient (Wildman–Crippen LogP) is 2.39. The lowest BCUT2D eigenvalue weighted by Gasteiger charge is -2.25. The summed E-state index contributed by atoms with van der Waals surface area (Å²) < 4.78 is 14.6. The van der Waals surface area contributed by atoms with Crippen molar-refractivity contribution in [1.82, 2.24) is 15.0 Å². The largest absolute Gasteiger partial charge is 0.382 e. The molecular weight excluding hydrogens is 219 g/mol. The average Bonchev–Trinajstić information content (AvgIpc) is 2.60. The molecule has 1 aliphatic rings. The molecule has 0 atom stereocenters. The van der Waals surface area contributed by atoms with Crippen LogP contribution in [0.5, 0.6) is 0 Å². The van der Waals surface area contributed by atoms with Crippen molar-refractivity contribution in [2.24, 2.45) is 0 Å². The highest BCUT2D eigenvalue weighted by atomic mass is 19.1. The monoisotopic (exact) mass is 232 g/mol. The first-order valence-corrected chi connectivity index (χ1v) is 5.72. The third kappa shape index (κ3) is 1.67. The van der Waals surface area contributed by atoms with Gasteiger partial charge in [0.05, 0.1) is 6.04 Å². The summed E-state index contributed by atoms with van der Waals surface area (Å²) in [6.45, 7) is 0. The summed E-state index contributed by atoms with van der Waals surface area (Å²) in [6, 6.07) is 6.52. The highest BCUT2D eigenvalue weighted by molar-refractivity contribution is 5.69. The fraction of sp³-hybridized carbons (Fsp3) is 0.333. The van der Waals surface area contributed by atoms with Gasteiger partial charge in [-0.1, -0.05) is 5.21 Å². The number of halogens is 1. The maximum absolute atomic E-state index is 12.8. The molecule has 1 aromatic carbocycles. The number of hydrogen-bond donors (Lipinski definition) is 1. The number of hydrogen-bond acceptors (Lipinski definition) is 3. The number of nitrogens with zero attached hydrogens (tertiary/aromatic N) is 3. The minimum atomic E-state index is -0.265. The Labute approximate surface area is 98.2 Å². The van der Waals surface area contributed by atoms with Gasteiger partial charge in [-0.25, -0.2) is 9.07 Å². The molecule has 0 radical (unpaired) electrons. The van der Waals surface area contributed by atoms with Gasteiger partial charge in [0.25, 0.3) is 0 Å². The van der Waals surface area contributed by atoms with Crippen molar-refractivity contribution in [2.75, 3.05) is 5.73 Å². The van der Waals surface area contributed by atoms with Crippen molar-refractivity contribution in [3.63, 3.8) is 0 Å². The van der Waals surface area contributed by atoms with Crippen LogP contribution in [0.25, 0.3) is 11.3 Å². The van der Waals surface area contributed by atoms with Gasteiger partial charge in [0, 0.05) is 5.56 Å². The second-order valence-corrected chi connectivity index (χ2v) is 4.36. The SMILES string of the molecule is Nc1c(-c2ccc(F)cc2)nnn1C1CCC1. The predicted molar refractivity (Wildman–Crippen MR) is 62.7 cm³/mol. The van der Waals surface area contributed by atoms with Crippen LogP contribution >= 0.6 is 0 Å². The van der Waals surface area contributed by atoms with Crippen LogP contribution < -0.4 is 5.73 Å². The summed E-state index contributed by atoms with van der Waals surface area (Å²) in [7, 11) is 0. The normalized spacial score (nSPS) is 15.8. The van der Waals surface area contributed by atoms with E-state index in [4.69, 9.17) is 5.73 Å². The highest BCUT2D eigenvalue weighted by Crippen LogP contribution is 2.35. The van der Waals surface area contributed by atoms with Gasteiger partial charge >= 0.3 is 0 Å². The lowest BCUT2D eigenvalue weighted by atomic mass is 9.93. The lowest BCUT2D eigenvalue weighted by Crippen LogP contribution is -2.19. The summed E-state index contributed by atoms with van der Waals surface area (Å²) in [4.78, 5) is 0. The minimum absolute atomic E-state index is 0.265. The lowest BCUT2D eigenvalue weighted by molar-refractivity contribution is 0.288. The zero-order chi connectivity index (χ0) is 11.8. The molecule has 3 rings (SSSR count). The third-order valence-corrected chi connectivity index (χ3v) is 3.27. The number of rotatable bonds is 2. The zero-order valence-corrected chi connectivity index (χ0v) is 9.31. The Hall–Kier alpha value is -1.91. The maximum atomic E-state index is 12.8. The Morgan fingerprint density at radius 2 is 1.94 bits per heavy atom. The average molecular weight is 232 g/mol. The van der Waals surface area contributed by atoms with E-state index >= 15 is 0 Å². The maximum Gasteiger partial charge on any atom is 0.150 e. The van der Waals surface area contributed by atoms with Crippen LogP contribution in [-0.2, 0) is 0 Å². The Balaban J connectivity index is 1.97. The zero-order valence-electron chi connectivity index (χ0n) is 9.31. The number of benzene rings is 1.